The van der Waals surface area contributed by atoms with E-state index in [0.717, 1.165) is 0 Å². The van der Waals surface area contributed by atoms with Gasteiger partial charge in [-0.3, -0.25) is 13.8 Å². The second-order valence-corrected chi connectivity index (χ2v) is 8.13. The number of carbonyl (C=O) groups is 2. The normalized spacial score (nSPS) is 11.8. The van der Waals surface area contributed by atoms with Gasteiger partial charge in [-0.2, -0.15) is 0 Å². The first-order valence-electron chi connectivity index (χ1n) is 8.42. The highest BCUT2D eigenvalue weighted by Gasteiger charge is 2.18. The smallest absolute Gasteiger partial charge is 0.235 e. The number of rotatable bonds is 8. The molecule has 0 saturated carbocycles. The Morgan fingerprint density at radius 3 is 2.57 bits per heavy atom. The molecule has 0 spiro atoms. The van der Waals surface area contributed by atoms with Crippen LogP contribution in [-0.4, -0.2) is 40.7 Å². The lowest BCUT2D eigenvalue weighted by atomic mass is 10.1. The van der Waals surface area contributed by atoms with E-state index in [2.05, 4.69) is 0 Å². The molecule has 1 amide bonds. The summed E-state index contributed by atoms with van der Waals surface area (Å²) in [6.45, 7) is 1.42. The molecule has 2 aromatic carbocycles. The van der Waals surface area contributed by atoms with Crippen LogP contribution in [0.25, 0.3) is 0 Å². The molecular weight excluding hydrogens is 405 g/mol. The highest BCUT2D eigenvalue weighted by molar-refractivity contribution is 7.84. The van der Waals surface area contributed by atoms with Crippen molar-refractivity contribution in [3.63, 3.8) is 0 Å². The Hall–Kier alpha value is -2.25. The van der Waals surface area contributed by atoms with Gasteiger partial charge in [0.1, 0.15) is 17.3 Å². The maximum absolute atomic E-state index is 13.9. The Morgan fingerprint density at radius 2 is 1.96 bits per heavy atom. The van der Waals surface area contributed by atoms with Crippen molar-refractivity contribution in [1.82, 2.24) is 4.90 Å². The fourth-order valence-electron chi connectivity index (χ4n) is 2.59. The highest BCUT2D eigenvalue weighted by Crippen LogP contribution is 2.23. The summed E-state index contributed by atoms with van der Waals surface area (Å²) >= 11 is 5.99. The lowest BCUT2D eigenvalue weighted by Crippen LogP contribution is -2.31. The second-order valence-electron chi connectivity index (χ2n) is 6.26. The molecule has 0 bridgehead atoms. The van der Waals surface area contributed by atoms with E-state index in [1.165, 1.54) is 38.1 Å². The molecule has 0 aliphatic carbocycles. The molecule has 2 rings (SSSR count). The topological polar surface area (TPSA) is 63.7 Å². The first kappa shape index (κ1) is 22.0. The van der Waals surface area contributed by atoms with Crippen LogP contribution in [0.2, 0.25) is 5.02 Å². The first-order valence-corrected chi connectivity index (χ1v) is 10.3. The molecule has 0 aliphatic rings. The predicted octanol–water partition coefficient (Wildman–Crippen LogP) is 3.60. The van der Waals surface area contributed by atoms with E-state index in [-0.39, 0.29) is 34.4 Å². The number of ketones is 1. The Morgan fingerprint density at radius 1 is 1.25 bits per heavy atom. The van der Waals surface area contributed by atoms with E-state index in [1.54, 1.807) is 24.3 Å². The van der Waals surface area contributed by atoms with Crippen molar-refractivity contribution in [2.45, 2.75) is 19.2 Å². The first-order chi connectivity index (χ1) is 13.2. The van der Waals surface area contributed by atoms with Gasteiger partial charge in [-0.15, -0.1) is 0 Å². The van der Waals surface area contributed by atoms with E-state index >= 15 is 0 Å². The molecule has 0 radical (unpaired) electrons. The molecule has 5 nitrogen and oxygen atoms in total. The minimum Gasteiger partial charge on any atom is -0.496 e. The number of hydrogen-bond acceptors (Lipinski definition) is 4. The van der Waals surface area contributed by atoms with Gasteiger partial charge in [-0.1, -0.05) is 17.7 Å². The molecular formula is C20H21ClFNO4S. The highest BCUT2D eigenvalue weighted by atomic mass is 35.5. The van der Waals surface area contributed by atoms with E-state index in [0.29, 0.717) is 16.9 Å². The number of hydrogen-bond donors (Lipinski definition) is 0. The van der Waals surface area contributed by atoms with E-state index in [4.69, 9.17) is 16.3 Å². The maximum Gasteiger partial charge on any atom is 0.235 e. The van der Waals surface area contributed by atoms with Gasteiger partial charge in [0.25, 0.3) is 0 Å². The summed E-state index contributed by atoms with van der Waals surface area (Å²) in [5.74, 6) is -0.705. The third-order valence-corrected chi connectivity index (χ3v) is 5.73. The number of carbonyl (C=O) groups excluding carboxylic acids is 2. The van der Waals surface area contributed by atoms with Gasteiger partial charge >= 0.3 is 0 Å². The lowest BCUT2D eigenvalue weighted by Gasteiger charge is -2.18. The van der Waals surface area contributed by atoms with Crippen LogP contribution in [0.5, 0.6) is 5.75 Å². The summed E-state index contributed by atoms with van der Waals surface area (Å²) in [5.41, 5.74) is 1.27. The minimum atomic E-state index is -1.53. The van der Waals surface area contributed by atoms with Gasteiger partial charge in [-0.25, -0.2) is 4.39 Å². The van der Waals surface area contributed by atoms with Crippen molar-refractivity contribution in [2.24, 2.45) is 0 Å². The largest absolute Gasteiger partial charge is 0.496 e. The van der Waals surface area contributed by atoms with E-state index < -0.39 is 22.5 Å². The van der Waals surface area contributed by atoms with Crippen molar-refractivity contribution >= 4 is 34.1 Å². The number of methoxy groups -OCH3 is 1. The number of nitrogens with zero attached hydrogens (tertiary/aromatic N) is 1. The molecule has 0 fully saturated rings. The fraction of sp³-hybridized carbons (Fsp3) is 0.300. The average Bonchev–Trinajstić information content (AvgIpc) is 2.64. The van der Waals surface area contributed by atoms with Crippen LogP contribution in [0.4, 0.5) is 4.39 Å². The molecule has 2 aromatic rings. The Labute approximate surface area is 170 Å². The SMILES string of the molecule is COc1ccc(C(C)=O)cc1C[S@@](=O)CC(=O)N(C)Cc1c(F)cccc1Cl. The number of halogens is 2. The Kier molecular flexibility index (Phi) is 7.71. The van der Waals surface area contributed by atoms with Crippen LogP contribution in [-0.2, 0) is 27.9 Å². The summed E-state index contributed by atoms with van der Waals surface area (Å²) in [6, 6.07) is 9.19. The van der Waals surface area contributed by atoms with Gasteiger partial charge in [0.05, 0.1) is 12.9 Å². The van der Waals surface area contributed by atoms with Crippen LogP contribution in [0.15, 0.2) is 36.4 Å². The number of amides is 1. The zero-order valence-electron chi connectivity index (χ0n) is 15.8. The zero-order valence-corrected chi connectivity index (χ0v) is 17.4. The maximum atomic E-state index is 13.9. The third-order valence-electron chi connectivity index (χ3n) is 4.17. The average molecular weight is 426 g/mol. The Balaban J connectivity index is 2.05. The van der Waals surface area contributed by atoms with Crippen molar-refractivity contribution in [3.8, 4) is 5.75 Å². The van der Waals surface area contributed by atoms with Crippen molar-refractivity contribution in [2.75, 3.05) is 19.9 Å². The molecule has 0 aliphatic heterocycles. The van der Waals surface area contributed by atoms with E-state index in [9.17, 15) is 18.2 Å². The summed E-state index contributed by atoms with van der Waals surface area (Å²) in [7, 11) is 1.44. The zero-order chi connectivity index (χ0) is 20.8. The molecule has 150 valence electrons. The van der Waals surface area contributed by atoms with Crippen LogP contribution >= 0.6 is 11.6 Å². The predicted molar refractivity (Wildman–Crippen MR) is 108 cm³/mol. The van der Waals surface area contributed by atoms with E-state index in [1.807, 2.05) is 0 Å². The molecule has 0 heterocycles. The van der Waals surface area contributed by atoms with Gasteiger partial charge in [0, 0.05) is 46.1 Å². The van der Waals surface area contributed by atoms with Gasteiger partial charge < -0.3 is 9.64 Å². The van der Waals surface area contributed by atoms with Crippen LogP contribution in [0.1, 0.15) is 28.4 Å². The lowest BCUT2D eigenvalue weighted by molar-refractivity contribution is -0.127. The molecule has 1 atom stereocenters. The minimum absolute atomic E-state index is 0.0231. The van der Waals surface area contributed by atoms with Crippen LogP contribution in [0.3, 0.4) is 0 Å². The van der Waals surface area contributed by atoms with Gasteiger partial charge in [0.15, 0.2) is 5.78 Å². The number of benzene rings is 2. The summed E-state index contributed by atoms with van der Waals surface area (Å²) in [5, 5.41) is 0.228. The molecule has 0 N–H and O–H groups in total. The molecule has 0 aromatic heterocycles. The quantitative estimate of drug-likeness (QED) is 0.606. The molecule has 8 heteroatoms. The van der Waals surface area contributed by atoms with Crippen molar-refractivity contribution in [1.29, 1.82) is 0 Å². The van der Waals surface area contributed by atoms with Crippen molar-refractivity contribution < 1.29 is 22.9 Å². The summed E-state index contributed by atoms with van der Waals surface area (Å²) < 4.78 is 31.6. The molecule has 0 unspecified atom stereocenters. The fourth-order valence-corrected chi connectivity index (χ4v) is 3.98. The summed E-state index contributed by atoms with van der Waals surface area (Å²) in [6.07, 6.45) is 0. The standard InChI is InChI=1S/C20H21ClFNO4S/c1-13(24)14-7-8-19(27-3)15(9-14)11-28(26)12-20(25)23(2)10-16-17(21)5-4-6-18(16)22/h4-9H,10-12H2,1-3H3/t28-/m1/s1. The Bertz CT molecular complexity index is 899. The number of ether oxygens (including phenoxy) is 1. The van der Waals surface area contributed by atoms with Gasteiger partial charge in [0.2, 0.25) is 5.91 Å². The third kappa shape index (κ3) is 5.62. The van der Waals surface area contributed by atoms with Gasteiger partial charge in [-0.05, 0) is 37.3 Å². The molecule has 0 saturated heterocycles. The molecule has 28 heavy (non-hydrogen) atoms. The summed E-state index contributed by atoms with van der Waals surface area (Å²) in [4.78, 5) is 25.2. The van der Waals surface area contributed by atoms with Crippen LogP contribution < -0.4 is 4.74 Å². The second kappa shape index (κ2) is 9.80. The number of Topliss-reactive ketones (excluding diaryl/α,β-unsaturated/α-hetero) is 1. The van der Waals surface area contributed by atoms with Crippen molar-refractivity contribution in [3.05, 3.63) is 63.9 Å². The van der Waals surface area contributed by atoms with Crippen LogP contribution in [0, 0.1) is 5.82 Å². The monoisotopic (exact) mass is 425 g/mol.